The predicted octanol–water partition coefficient (Wildman–Crippen LogP) is 3.92. The van der Waals surface area contributed by atoms with Crippen LogP contribution in [0.4, 0.5) is 0 Å². The summed E-state index contributed by atoms with van der Waals surface area (Å²) in [6, 6.07) is 0. The Balaban J connectivity index is 0.00000312. The highest BCUT2D eigenvalue weighted by Gasteiger charge is 2.19. The summed E-state index contributed by atoms with van der Waals surface area (Å²) in [7, 11) is 0. The van der Waals surface area contributed by atoms with Crippen molar-refractivity contribution in [3.8, 4) is 0 Å². The molecule has 8 heteroatoms. The van der Waals surface area contributed by atoms with E-state index < -0.39 is 0 Å². The molecule has 0 unspecified atom stereocenters. The second-order valence-electron chi connectivity index (χ2n) is 6.66. The molecule has 2 aromatic rings. The minimum Gasteiger partial charge on any atom is -0.443 e. The number of nitrogens with zero attached hydrogens (tertiary/aromatic N) is 3. The first-order valence-electron chi connectivity index (χ1n) is 8.20. The Labute approximate surface area is 171 Å². The zero-order valence-electron chi connectivity index (χ0n) is 15.8. The summed E-state index contributed by atoms with van der Waals surface area (Å²) < 4.78 is 5.78. The molecule has 140 valence electrons. The minimum absolute atomic E-state index is 0. The fourth-order valence-electron chi connectivity index (χ4n) is 2.12. The first kappa shape index (κ1) is 21.9. The van der Waals surface area contributed by atoms with Crippen LogP contribution in [-0.2, 0) is 18.5 Å². The summed E-state index contributed by atoms with van der Waals surface area (Å²) in [5.41, 5.74) is 1.03. The van der Waals surface area contributed by atoms with Crippen molar-refractivity contribution in [3.63, 3.8) is 0 Å². The van der Waals surface area contributed by atoms with E-state index >= 15 is 0 Å². The molecule has 0 aliphatic rings. The van der Waals surface area contributed by atoms with Gasteiger partial charge >= 0.3 is 0 Å². The van der Waals surface area contributed by atoms with E-state index in [0.717, 1.165) is 29.0 Å². The summed E-state index contributed by atoms with van der Waals surface area (Å²) in [6.07, 6.45) is 1.79. The third-order valence-corrected chi connectivity index (χ3v) is 4.50. The van der Waals surface area contributed by atoms with Gasteiger partial charge in [0.2, 0.25) is 5.89 Å². The molecule has 2 rings (SSSR count). The van der Waals surface area contributed by atoms with Gasteiger partial charge in [0.25, 0.3) is 0 Å². The lowest BCUT2D eigenvalue weighted by Gasteiger charge is -2.13. The maximum Gasteiger partial charge on any atom is 0.216 e. The molecule has 0 bridgehead atoms. The van der Waals surface area contributed by atoms with Crippen molar-refractivity contribution in [2.24, 2.45) is 4.99 Å². The highest BCUT2D eigenvalue weighted by molar-refractivity contribution is 14.0. The molecular weight excluding hydrogens is 449 g/mol. The molecule has 25 heavy (non-hydrogen) atoms. The van der Waals surface area contributed by atoms with Crippen LogP contribution >= 0.6 is 35.3 Å². The van der Waals surface area contributed by atoms with Crippen LogP contribution in [0.15, 0.2) is 15.6 Å². The monoisotopic (exact) mass is 477 g/mol. The largest absolute Gasteiger partial charge is 0.443 e. The quantitative estimate of drug-likeness (QED) is 0.388. The fraction of sp³-hybridized carbons (Fsp3) is 0.588. The summed E-state index contributed by atoms with van der Waals surface area (Å²) in [6.45, 7) is 14.3. The van der Waals surface area contributed by atoms with E-state index in [1.807, 2.05) is 20.8 Å². The molecule has 2 N–H and O–H groups in total. The van der Waals surface area contributed by atoms with Crippen LogP contribution in [0.2, 0.25) is 0 Å². The molecule has 0 aliphatic heterocycles. The zero-order chi connectivity index (χ0) is 17.7. The minimum atomic E-state index is -0.0424. The maximum absolute atomic E-state index is 5.78. The normalized spacial score (nSPS) is 12.0. The molecule has 0 amide bonds. The zero-order valence-corrected chi connectivity index (χ0v) is 18.9. The average Bonchev–Trinajstić information content (AvgIpc) is 3.08. The number of hydrogen-bond donors (Lipinski definition) is 2. The van der Waals surface area contributed by atoms with Crippen molar-refractivity contribution in [1.82, 2.24) is 20.6 Å². The molecule has 0 radical (unpaired) electrons. The molecule has 0 atom stereocenters. The van der Waals surface area contributed by atoms with Gasteiger partial charge in [0.1, 0.15) is 12.3 Å². The Morgan fingerprint density at radius 2 is 2.00 bits per heavy atom. The molecular formula is C17H28IN5OS. The van der Waals surface area contributed by atoms with Crippen molar-refractivity contribution < 1.29 is 4.42 Å². The summed E-state index contributed by atoms with van der Waals surface area (Å²) in [5.74, 6) is 2.25. The third kappa shape index (κ3) is 6.58. The number of aromatic nitrogens is 2. The fourth-order valence-corrected chi connectivity index (χ4v) is 3.00. The second-order valence-corrected chi connectivity index (χ2v) is 7.95. The number of thiazole rings is 1. The lowest BCUT2D eigenvalue weighted by Crippen LogP contribution is -2.36. The molecule has 0 spiro atoms. The number of aliphatic imine (C=N–C) groups is 1. The van der Waals surface area contributed by atoms with Crippen LogP contribution in [0.1, 0.15) is 54.9 Å². The molecule has 2 heterocycles. The van der Waals surface area contributed by atoms with Crippen LogP contribution in [0.25, 0.3) is 0 Å². The van der Waals surface area contributed by atoms with E-state index in [0.29, 0.717) is 19.0 Å². The summed E-state index contributed by atoms with van der Waals surface area (Å²) in [4.78, 5) is 14.5. The van der Waals surface area contributed by atoms with E-state index in [1.165, 1.54) is 4.88 Å². The SMILES string of the molecule is CCNC(=NCc1ncc(C(C)(C)C)o1)NCc1sc(C)nc1C.I. The standard InChI is InChI=1S/C17H27N5OS.HI/c1-7-18-16(20-8-13-11(2)22-12(3)24-13)21-10-15-19-9-14(23-15)17(4,5)6;/h9H,7-8,10H2,1-6H3,(H2,18,20,21);1H. The average molecular weight is 477 g/mol. The number of halogens is 1. The van der Waals surface area contributed by atoms with Gasteiger partial charge in [-0.2, -0.15) is 0 Å². The van der Waals surface area contributed by atoms with Gasteiger partial charge in [-0.1, -0.05) is 20.8 Å². The van der Waals surface area contributed by atoms with Crippen LogP contribution < -0.4 is 10.6 Å². The molecule has 0 aliphatic carbocycles. The summed E-state index contributed by atoms with van der Waals surface area (Å²) in [5, 5.41) is 7.66. The number of nitrogens with one attached hydrogen (secondary N) is 2. The second kappa shape index (κ2) is 9.51. The Hall–Kier alpha value is -1.16. The number of rotatable bonds is 5. The number of hydrogen-bond acceptors (Lipinski definition) is 5. The first-order chi connectivity index (χ1) is 11.3. The van der Waals surface area contributed by atoms with Crippen molar-refractivity contribution in [3.05, 3.63) is 33.4 Å². The smallest absolute Gasteiger partial charge is 0.216 e. The molecule has 0 saturated heterocycles. The lowest BCUT2D eigenvalue weighted by atomic mass is 9.94. The Morgan fingerprint density at radius 1 is 1.28 bits per heavy atom. The van der Waals surface area contributed by atoms with Crippen molar-refractivity contribution in [2.45, 2.75) is 60.0 Å². The van der Waals surface area contributed by atoms with Crippen molar-refractivity contribution in [2.75, 3.05) is 6.54 Å². The topological polar surface area (TPSA) is 75.3 Å². The molecule has 0 aromatic carbocycles. The highest BCUT2D eigenvalue weighted by Crippen LogP contribution is 2.22. The number of oxazole rings is 1. The predicted molar refractivity (Wildman–Crippen MR) is 114 cm³/mol. The van der Waals surface area contributed by atoms with Gasteiger partial charge in [0, 0.05) is 16.8 Å². The van der Waals surface area contributed by atoms with Crippen molar-refractivity contribution >= 4 is 41.3 Å². The maximum atomic E-state index is 5.78. The van der Waals surface area contributed by atoms with Gasteiger partial charge in [0.15, 0.2) is 5.96 Å². The van der Waals surface area contributed by atoms with E-state index in [9.17, 15) is 0 Å². The van der Waals surface area contributed by atoms with Gasteiger partial charge in [0.05, 0.1) is 23.4 Å². The third-order valence-electron chi connectivity index (χ3n) is 3.43. The van der Waals surface area contributed by atoms with Crippen LogP contribution in [0.5, 0.6) is 0 Å². The van der Waals surface area contributed by atoms with Gasteiger partial charge < -0.3 is 15.1 Å². The van der Waals surface area contributed by atoms with Crippen LogP contribution in [-0.4, -0.2) is 22.5 Å². The molecule has 2 aromatic heterocycles. The molecule has 6 nitrogen and oxygen atoms in total. The molecule has 0 saturated carbocycles. The van der Waals surface area contributed by atoms with E-state index in [2.05, 4.69) is 46.4 Å². The van der Waals surface area contributed by atoms with Crippen LogP contribution in [0.3, 0.4) is 0 Å². The van der Waals surface area contributed by atoms with Gasteiger partial charge in [-0.05, 0) is 20.8 Å². The number of guanidine groups is 1. The Morgan fingerprint density at radius 3 is 2.52 bits per heavy atom. The lowest BCUT2D eigenvalue weighted by molar-refractivity contribution is 0.383. The Kier molecular flexibility index (Phi) is 8.33. The van der Waals surface area contributed by atoms with Crippen LogP contribution in [0, 0.1) is 13.8 Å². The highest BCUT2D eigenvalue weighted by atomic mass is 127. The van der Waals surface area contributed by atoms with Gasteiger partial charge in [-0.25, -0.2) is 15.0 Å². The first-order valence-corrected chi connectivity index (χ1v) is 9.01. The van der Waals surface area contributed by atoms with E-state index in [1.54, 1.807) is 17.5 Å². The van der Waals surface area contributed by atoms with E-state index in [-0.39, 0.29) is 29.4 Å². The Bertz CT molecular complexity index is 702. The molecule has 0 fully saturated rings. The summed E-state index contributed by atoms with van der Waals surface area (Å²) >= 11 is 1.71. The van der Waals surface area contributed by atoms with E-state index in [4.69, 9.17) is 4.42 Å². The van der Waals surface area contributed by atoms with Gasteiger partial charge in [-0.3, -0.25) is 0 Å². The van der Waals surface area contributed by atoms with Gasteiger partial charge in [-0.15, -0.1) is 35.3 Å². The number of aryl methyl sites for hydroxylation is 2. The van der Waals surface area contributed by atoms with Crippen molar-refractivity contribution in [1.29, 1.82) is 0 Å².